The Morgan fingerprint density at radius 2 is 2.18 bits per heavy atom. The second-order valence-corrected chi connectivity index (χ2v) is 5.75. The van der Waals surface area contributed by atoms with Crippen LogP contribution in [0.2, 0.25) is 0 Å². The summed E-state index contributed by atoms with van der Waals surface area (Å²) in [5.74, 6) is 0.762. The van der Waals surface area contributed by atoms with E-state index >= 15 is 0 Å². The molecule has 0 spiro atoms. The number of carbonyl (C=O) groups is 1. The lowest BCUT2D eigenvalue weighted by Crippen LogP contribution is -2.45. The van der Waals surface area contributed by atoms with E-state index in [0.29, 0.717) is 6.61 Å². The molecule has 0 radical (unpaired) electrons. The minimum atomic E-state index is -0.437. The number of rotatable bonds is 7. The number of hydrogen-bond acceptors (Lipinski definition) is 4. The van der Waals surface area contributed by atoms with Crippen LogP contribution >= 0.6 is 0 Å². The Balaban J connectivity index is 2.28. The number of benzene rings is 1. The molecular weight excluding hydrogens is 280 g/mol. The van der Waals surface area contributed by atoms with Crippen LogP contribution in [-0.2, 0) is 9.53 Å². The molecule has 5 heteroatoms. The fourth-order valence-electron chi connectivity index (χ4n) is 2.68. The van der Waals surface area contributed by atoms with Crippen molar-refractivity contribution in [2.75, 3.05) is 25.2 Å². The predicted octanol–water partition coefficient (Wildman–Crippen LogP) is 2.64. The standard InChI is InChI=1S/C17H26N2O3/c1-4-5-6-9-19-15-10-13(14(18)11-21-3)7-8-16(15)22-12(2)17(19)20/h7-8,10,12,14H,4-6,9,11,18H2,1-3H3. The summed E-state index contributed by atoms with van der Waals surface area (Å²) in [7, 11) is 1.63. The van der Waals surface area contributed by atoms with Crippen LogP contribution in [0.15, 0.2) is 18.2 Å². The first-order valence-electron chi connectivity index (χ1n) is 7.95. The van der Waals surface area contributed by atoms with E-state index in [9.17, 15) is 4.79 Å². The second kappa shape index (κ2) is 7.61. The largest absolute Gasteiger partial charge is 0.479 e. The van der Waals surface area contributed by atoms with Crippen molar-refractivity contribution >= 4 is 11.6 Å². The van der Waals surface area contributed by atoms with E-state index < -0.39 is 6.10 Å². The molecule has 5 nitrogen and oxygen atoms in total. The molecule has 0 saturated carbocycles. The van der Waals surface area contributed by atoms with Crippen molar-refractivity contribution in [2.45, 2.75) is 45.3 Å². The van der Waals surface area contributed by atoms with E-state index in [-0.39, 0.29) is 11.9 Å². The van der Waals surface area contributed by atoms with Crippen LogP contribution < -0.4 is 15.4 Å². The van der Waals surface area contributed by atoms with Gasteiger partial charge in [0.1, 0.15) is 5.75 Å². The summed E-state index contributed by atoms with van der Waals surface area (Å²) in [6, 6.07) is 5.59. The van der Waals surface area contributed by atoms with Crippen LogP contribution in [0.3, 0.4) is 0 Å². The SMILES string of the molecule is CCCCCN1C(=O)C(C)Oc2ccc(C(N)COC)cc21. The first-order valence-corrected chi connectivity index (χ1v) is 7.95. The summed E-state index contributed by atoms with van der Waals surface area (Å²) in [4.78, 5) is 14.3. The third-order valence-electron chi connectivity index (χ3n) is 3.95. The molecule has 2 atom stereocenters. The number of nitrogens with zero attached hydrogens (tertiary/aromatic N) is 1. The lowest BCUT2D eigenvalue weighted by molar-refractivity contribution is -0.125. The van der Waals surface area contributed by atoms with E-state index in [1.807, 2.05) is 23.1 Å². The molecule has 122 valence electrons. The van der Waals surface area contributed by atoms with Crippen molar-refractivity contribution in [2.24, 2.45) is 5.73 Å². The van der Waals surface area contributed by atoms with Crippen molar-refractivity contribution in [3.63, 3.8) is 0 Å². The van der Waals surface area contributed by atoms with Gasteiger partial charge in [-0.2, -0.15) is 0 Å². The predicted molar refractivity (Wildman–Crippen MR) is 87.2 cm³/mol. The number of ether oxygens (including phenoxy) is 2. The molecule has 0 saturated heterocycles. The number of fused-ring (bicyclic) bond motifs is 1. The van der Waals surface area contributed by atoms with E-state index in [4.69, 9.17) is 15.2 Å². The summed E-state index contributed by atoms with van der Waals surface area (Å²) in [5, 5.41) is 0. The molecule has 0 aliphatic carbocycles. The smallest absolute Gasteiger partial charge is 0.267 e. The highest BCUT2D eigenvalue weighted by atomic mass is 16.5. The maximum atomic E-state index is 12.4. The number of carbonyl (C=O) groups excluding carboxylic acids is 1. The Bertz CT molecular complexity index is 519. The molecular formula is C17H26N2O3. The highest BCUT2D eigenvalue weighted by molar-refractivity contribution is 5.99. The third-order valence-corrected chi connectivity index (χ3v) is 3.95. The maximum absolute atomic E-state index is 12.4. The number of hydrogen-bond donors (Lipinski definition) is 1. The maximum Gasteiger partial charge on any atom is 0.267 e. The zero-order chi connectivity index (χ0) is 16.1. The molecule has 1 amide bonds. The minimum absolute atomic E-state index is 0.0149. The highest BCUT2D eigenvalue weighted by Gasteiger charge is 2.31. The van der Waals surface area contributed by atoms with Gasteiger partial charge < -0.3 is 20.1 Å². The van der Waals surface area contributed by atoms with Crippen LogP contribution in [0.4, 0.5) is 5.69 Å². The van der Waals surface area contributed by atoms with E-state index in [2.05, 4.69) is 6.92 Å². The summed E-state index contributed by atoms with van der Waals surface area (Å²) < 4.78 is 10.8. The van der Waals surface area contributed by atoms with Crippen LogP contribution in [0.25, 0.3) is 0 Å². The van der Waals surface area contributed by atoms with Gasteiger partial charge in [0.15, 0.2) is 6.10 Å². The molecule has 2 rings (SSSR count). The molecule has 1 aromatic carbocycles. The zero-order valence-electron chi connectivity index (χ0n) is 13.7. The zero-order valence-corrected chi connectivity index (χ0v) is 13.7. The van der Waals surface area contributed by atoms with Gasteiger partial charge >= 0.3 is 0 Å². The lowest BCUT2D eigenvalue weighted by atomic mass is 10.0. The molecule has 2 unspecified atom stereocenters. The first kappa shape index (κ1) is 16.8. The Kier molecular flexibility index (Phi) is 5.80. The Labute approximate surface area is 132 Å². The summed E-state index contributed by atoms with van der Waals surface area (Å²) >= 11 is 0. The molecule has 1 aromatic rings. The van der Waals surface area contributed by atoms with Crippen molar-refractivity contribution in [3.05, 3.63) is 23.8 Å². The van der Waals surface area contributed by atoms with Gasteiger partial charge in [-0.15, -0.1) is 0 Å². The van der Waals surface area contributed by atoms with Crippen molar-refractivity contribution in [3.8, 4) is 5.75 Å². The van der Waals surface area contributed by atoms with Gasteiger partial charge in [0, 0.05) is 13.7 Å². The second-order valence-electron chi connectivity index (χ2n) is 5.75. The molecule has 1 heterocycles. The number of unbranched alkanes of at least 4 members (excludes halogenated alkanes) is 2. The van der Waals surface area contributed by atoms with E-state index in [1.165, 1.54) is 0 Å². The van der Waals surface area contributed by atoms with Gasteiger partial charge in [-0.3, -0.25) is 4.79 Å². The van der Waals surface area contributed by atoms with Gasteiger partial charge in [0.05, 0.1) is 18.3 Å². The summed E-state index contributed by atoms with van der Waals surface area (Å²) in [5.41, 5.74) is 7.87. The van der Waals surface area contributed by atoms with Gasteiger partial charge in [0.25, 0.3) is 5.91 Å². The molecule has 0 fully saturated rings. The van der Waals surface area contributed by atoms with E-state index in [1.54, 1.807) is 14.0 Å². The molecule has 2 N–H and O–H groups in total. The van der Waals surface area contributed by atoms with Crippen molar-refractivity contribution in [1.29, 1.82) is 0 Å². The lowest BCUT2D eigenvalue weighted by Gasteiger charge is -2.33. The first-order chi connectivity index (χ1) is 10.6. The summed E-state index contributed by atoms with van der Waals surface area (Å²) in [6.45, 7) is 5.11. The van der Waals surface area contributed by atoms with Crippen LogP contribution in [0.1, 0.15) is 44.7 Å². The Morgan fingerprint density at radius 1 is 1.41 bits per heavy atom. The third kappa shape index (κ3) is 3.59. The van der Waals surface area contributed by atoms with Crippen LogP contribution in [0, 0.1) is 0 Å². The average Bonchev–Trinajstić information content (AvgIpc) is 2.51. The monoisotopic (exact) mass is 306 g/mol. The average molecular weight is 306 g/mol. The highest BCUT2D eigenvalue weighted by Crippen LogP contribution is 2.36. The molecule has 22 heavy (non-hydrogen) atoms. The summed E-state index contributed by atoms with van der Waals surface area (Å²) in [6.07, 6.45) is 2.78. The quantitative estimate of drug-likeness (QED) is 0.787. The van der Waals surface area contributed by atoms with Crippen LogP contribution in [0.5, 0.6) is 5.75 Å². The Morgan fingerprint density at radius 3 is 2.86 bits per heavy atom. The van der Waals surface area contributed by atoms with Crippen molar-refractivity contribution in [1.82, 2.24) is 0 Å². The van der Waals surface area contributed by atoms with Gasteiger partial charge in [0.2, 0.25) is 0 Å². The molecule has 1 aliphatic heterocycles. The normalized spacial score (nSPS) is 18.8. The fourth-order valence-corrected chi connectivity index (χ4v) is 2.68. The van der Waals surface area contributed by atoms with Crippen LogP contribution in [-0.4, -0.2) is 32.3 Å². The Hall–Kier alpha value is -1.59. The van der Waals surface area contributed by atoms with Gasteiger partial charge in [-0.25, -0.2) is 0 Å². The molecule has 0 bridgehead atoms. The molecule has 0 aromatic heterocycles. The minimum Gasteiger partial charge on any atom is -0.479 e. The number of anilines is 1. The van der Waals surface area contributed by atoms with Crippen molar-refractivity contribution < 1.29 is 14.3 Å². The van der Waals surface area contributed by atoms with Gasteiger partial charge in [-0.05, 0) is 31.0 Å². The van der Waals surface area contributed by atoms with Gasteiger partial charge in [-0.1, -0.05) is 25.8 Å². The fraction of sp³-hybridized carbons (Fsp3) is 0.588. The molecule has 1 aliphatic rings. The number of nitrogens with two attached hydrogens (primary N) is 1. The van der Waals surface area contributed by atoms with E-state index in [0.717, 1.165) is 42.8 Å². The number of amides is 1. The topological polar surface area (TPSA) is 64.8 Å². The number of methoxy groups -OCH3 is 1.